The number of para-hydroxylation sites is 1. The van der Waals surface area contributed by atoms with E-state index in [4.69, 9.17) is 0 Å². The molecule has 1 N–H and O–H groups in total. The number of fused-ring (bicyclic) bond motifs is 1. The van der Waals surface area contributed by atoms with Crippen molar-refractivity contribution in [2.45, 2.75) is 0 Å². The molecule has 0 fully saturated rings. The second-order valence-corrected chi connectivity index (χ2v) is 8.65. The lowest BCUT2D eigenvalue weighted by molar-refractivity contribution is -0.114. The van der Waals surface area contributed by atoms with Gasteiger partial charge in [-0.15, -0.1) is 0 Å². The molecule has 4 aromatic rings. The van der Waals surface area contributed by atoms with Gasteiger partial charge in [0.25, 0.3) is 5.91 Å². The Morgan fingerprint density at radius 1 is 1.03 bits per heavy atom. The molecule has 0 spiro atoms. The topological polar surface area (TPSA) is 79.6 Å². The number of nitrogens with zero attached hydrogens (tertiary/aromatic N) is 4. The third kappa shape index (κ3) is 4.49. The number of amides is 2. The Morgan fingerprint density at radius 3 is 2.59 bits per heavy atom. The van der Waals surface area contributed by atoms with Crippen LogP contribution in [0.1, 0.15) is 5.56 Å². The molecule has 1 aliphatic heterocycles. The monoisotopic (exact) mass is 467 g/mol. The van der Waals surface area contributed by atoms with Crippen LogP contribution >= 0.6 is 11.8 Å². The molecule has 5 rings (SSSR count). The minimum atomic E-state index is -0.244. The number of carbonyl (C=O) groups excluding carboxylic acids is 2. The van der Waals surface area contributed by atoms with Gasteiger partial charge in [0.1, 0.15) is 5.70 Å². The number of anilines is 2. The number of aromatic nitrogens is 2. The fourth-order valence-electron chi connectivity index (χ4n) is 3.72. The van der Waals surface area contributed by atoms with Crippen molar-refractivity contribution in [3.8, 4) is 0 Å². The molecular formula is C26H21N5O2S. The standard InChI is InChI=1S/C26H21N5O2S/c1-30-16-18(15-27-30)14-23-25(33)31(20-10-3-2-4-11-20)26(29-23)34-17-24(32)28-22-13-7-9-19-8-5-6-12-21(19)22/h2-16H,17H2,1H3,(H,28,32). The number of carbonyl (C=O) groups is 2. The Balaban J connectivity index is 1.37. The minimum Gasteiger partial charge on any atom is -0.325 e. The number of nitrogens with one attached hydrogen (secondary N) is 1. The van der Waals surface area contributed by atoms with Crippen LogP contribution in [0.5, 0.6) is 0 Å². The molecular weight excluding hydrogens is 446 g/mol. The van der Waals surface area contributed by atoms with E-state index in [1.807, 2.05) is 86.0 Å². The molecule has 8 heteroatoms. The third-order valence-electron chi connectivity index (χ3n) is 5.27. The molecule has 0 saturated heterocycles. The van der Waals surface area contributed by atoms with Crippen molar-refractivity contribution in [2.75, 3.05) is 16.0 Å². The van der Waals surface area contributed by atoms with Crippen LogP contribution in [-0.4, -0.2) is 32.5 Å². The van der Waals surface area contributed by atoms with Gasteiger partial charge in [-0.3, -0.25) is 19.2 Å². The van der Waals surface area contributed by atoms with Gasteiger partial charge in [0.2, 0.25) is 5.91 Å². The van der Waals surface area contributed by atoms with Crippen LogP contribution in [0, 0.1) is 0 Å². The van der Waals surface area contributed by atoms with Crippen LogP contribution in [0.15, 0.2) is 95.9 Å². The molecule has 0 unspecified atom stereocenters. The first-order valence-corrected chi connectivity index (χ1v) is 11.7. The SMILES string of the molecule is Cn1cc(C=C2N=C(SCC(=O)Nc3cccc4ccccc34)N(c3ccccc3)C2=O)cn1. The van der Waals surface area contributed by atoms with Crippen molar-refractivity contribution in [1.29, 1.82) is 0 Å². The van der Waals surface area contributed by atoms with Crippen LogP contribution in [-0.2, 0) is 16.6 Å². The van der Waals surface area contributed by atoms with E-state index in [-0.39, 0.29) is 17.6 Å². The van der Waals surface area contributed by atoms with E-state index in [2.05, 4.69) is 15.4 Å². The van der Waals surface area contributed by atoms with Gasteiger partial charge in [0.15, 0.2) is 5.17 Å². The zero-order valence-electron chi connectivity index (χ0n) is 18.4. The summed E-state index contributed by atoms with van der Waals surface area (Å²) in [6, 6.07) is 23.0. The summed E-state index contributed by atoms with van der Waals surface area (Å²) in [6.45, 7) is 0. The third-order valence-corrected chi connectivity index (χ3v) is 6.21. The van der Waals surface area contributed by atoms with Crippen LogP contribution < -0.4 is 10.2 Å². The lowest BCUT2D eigenvalue weighted by atomic mass is 10.1. The average Bonchev–Trinajstić information content (AvgIpc) is 3.40. The molecule has 0 bridgehead atoms. The van der Waals surface area contributed by atoms with Crippen molar-refractivity contribution in [3.05, 3.63) is 96.5 Å². The lowest BCUT2D eigenvalue weighted by Crippen LogP contribution is -2.31. The molecule has 7 nitrogen and oxygen atoms in total. The molecule has 0 saturated carbocycles. The number of amidine groups is 1. The Hall–Kier alpha value is -4.17. The zero-order valence-corrected chi connectivity index (χ0v) is 19.2. The molecule has 2 amide bonds. The molecule has 1 aliphatic rings. The van der Waals surface area contributed by atoms with Gasteiger partial charge in [-0.2, -0.15) is 5.10 Å². The molecule has 0 atom stereocenters. The normalized spacial score (nSPS) is 14.6. The average molecular weight is 468 g/mol. The van der Waals surface area contributed by atoms with Gasteiger partial charge >= 0.3 is 0 Å². The predicted octanol–water partition coefficient (Wildman–Crippen LogP) is 4.69. The Morgan fingerprint density at radius 2 is 1.79 bits per heavy atom. The highest BCUT2D eigenvalue weighted by Crippen LogP contribution is 2.29. The van der Waals surface area contributed by atoms with Crippen LogP contribution in [0.25, 0.3) is 16.8 Å². The van der Waals surface area contributed by atoms with E-state index in [9.17, 15) is 9.59 Å². The van der Waals surface area contributed by atoms with Gasteiger partial charge < -0.3 is 5.32 Å². The number of aliphatic imine (C=N–C) groups is 1. The highest BCUT2D eigenvalue weighted by Gasteiger charge is 2.32. The fraction of sp³-hybridized carbons (Fsp3) is 0.0769. The molecule has 3 aromatic carbocycles. The summed E-state index contributed by atoms with van der Waals surface area (Å²) >= 11 is 1.22. The Bertz CT molecular complexity index is 1440. The first kappa shape index (κ1) is 21.7. The van der Waals surface area contributed by atoms with Gasteiger partial charge in [0, 0.05) is 29.9 Å². The summed E-state index contributed by atoms with van der Waals surface area (Å²) < 4.78 is 1.66. The van der Waals surface area contributed by atoms with E-state index in [1.54, 1.807) is 17.0 Å². The number of benzene rings is 3. The molecule has 2 heterocycles. The van der Waals surface area contributed by atoms with Crippen LogP contribution in [0.3, 0.4) is 0 Å². The number of aryl methyl sites for hydroxylation is 1. The molecule has 168 valence electrons. The zero-order chi connectivity index (χ0) is 23.5. The van der Waals surface area contributed by atoms with Gasteiger partial charge in [-0.05, 0) is 29.7 Å². The second-order valence-electron chi connectivity index (χ2n) is 7.71. The highest BCUT2D eigenvalue weighted by atomic mass is 32.2. The first-order chi connectivity index (χ1) is 16.6. The van der Waals surface area contributed by atoms with Crippen molar-refractivity contribution in [2.24, 2.45) is 12.0 Å². The van der Waals surface area contributed by atoms with Gasteiger partial charge in [-0.1, -0.05) is 66.4 Å². The smallest absolute Gasteiger partial charge is 0.283 e. The Kier molecular flexibility index (Phi) is 5.97. The maximum Gasteiger partial charge on any atom is 0.283 e. The van der Waals surface area contributed by atoms with Crippen molar-refractivity contribution in [3.63, 3.8) is 0 Å². The number of hydrogen-bond acceptors (Lipinski definition) is 5. The summed E-state index contributed by atoms with van der Waals surface area (Å²) in [6.07, 6.45) is 5.19. The second kappa shape index (κ2) is 9.36. The summed E-state index contributed by atoms with van der Waals surface area (Å²) in [5, 5.41) is 9.61. The fourth-order valence-corrected chi connectivity index (χ4v) is 4.53. The van der Waals surface area contributed by atoms with Gasteiger partial charge in [0.05, 0.1) is 17.6 Å². The van der Waals surface area contributed by atoms with Crippen LogP contribution in [0.2, 0.25) is 0 Å². The van der Waals surface area contributed by atoms with E-state index in [0.717, 1.165) is 22.0 Å². The van der Waals surface area contributed by atoms with E-state index in [0.29, 0.717) is 16.6 Å². The maximum atomic E-state index is 13.2. The van der Waals surface area contributed by atoms with E-state index >= 15 is 0 Å². The number of thioether (sulfide) groups is 1. The van der Waals surface area contributed by atoms with E-state index in [1.165, 1.54) is 16.7 Å². The quantitative estimate of drug-likeness (QED) is 0.432. The molecule has 1 aromatic heterocycles. The number of rotatable bonds is 5. The summed E-state index contributed by atoms with van der Waals surface area (Å²) in [4.78, 5) is 32.1. The van der Waals surface area contributed by atoms with E-state index < -0.39 is 0 Å². The van der Waals surface area contributed by atoms with Crippen LogP contribution in [0.4, 0.5) is 11.4 Å². The molecule has 0 radical (unpaired) electrons. The molecule has 0 aliphatic carbocycles. The minimum absolute atomic E-state index is 0.110. The van der Waals surface area contributed by atoms with Crippen molar-refractivity contribution < 1.29 is 9.59 Å². The lowest BCUT2D eigenvalue weighted by Gasteiger charge is -2.17. The molecule has 34 heavy (non-hydrogen) atoms. The largest absolute Gasteiger partial charge is 0.325 e. The summed E-state index contributed by atoms with van der Waals surface area (Å²) in [5.74, 6) is -0.306. The first-order valence-electron chi connectivity index (χ1n) is 10.7. The summed E-state index contributed by atoms with van der Waals surface area (Å²) in [5.41, 5.74) is 2.53. The number of hydrogen-bond donors (Lipinski definition) is 1. The summed E-state index contributed by atoms with van der Waals surface area (Å²) in [7, 11) is 1.81. The van der Waals surface area contributed by atoms with Gasteiger partial charge in [-0.25, -0.2) is 4.99 Å². The maximum absolute atomic E-state index is 13.2. The van der Waals surface area contributed by atoms with Crippen molar-refractivity contribution in [1.82, 2.24) is 9.78 Å². The Labute approximate surface area is 200 Å². The van der Waals surface area contributed by atoms with Crippen molar-refractivity contribution >= 4 is 57.0 Å². The predicted molar refractivity (Wildman–Crippen MR) is 138 cm³/mol. The highest BCUT2D eigenvalue weighted by molar-refractivity contribution is 8.14.